The Labute approximate surface area is 170 Å². The highest BCUT2D eigenvalue weighted by atomic mass is 16.5. The van der Waals surface area contributed by atoms with Gasteiger partial charge in [-0.15, -0.1) is 0 Å². The van der Waals surface area contributed by atoms with Crippen molar-refractivity contribution in [3.8, 4) is 5.75 Å². The number of rotatable bonds is 4. The van der Waals surface area contributed by atoms with Crippen LogP contribution in [0.15, 0.2) is 83.5 Å². The number of methoxy groups -OCH3 is 1. The van der Waals surface area contributed by atoms with Gasteiger partial charge < -0.3 is 4.74 Å². The van der Waals surface area contributed by atoms with Gasteiger partial charge in [0.05, 0.1) is 12.8 Å². The monoisotopic (exact) mass is 382 g/mol. The van der Waals surface area contributed by atoms with E-state index in [1.165, 1.54) is 0 Å². The normalized spacial score (nSPS) is 15.0. The number of anilines is 1. The molecule has 0 aliphatic carbocycles. The fourth-order valence-corrected chi connectivity index (χ4v) is 3.36. The summed E-state index contributed by atoms with van der Waals surface area (Å²) in [5, 5.41) is 0. The van der Waals surface area contributed by atoms with Crippen molar-refractivity contribution in [2.24, 2.45) is 4.99 Å². The number of hydrogen-bond donors (Lipinski definition) is 0. The maximum atomic E-state index is 13.4. The van der Waals surface area contributed by atoms with E-state index in [0.29, 0.717) is 17.3 Å². The van der Waals surface area contributed by atoms with Crippen LogP contribution >= 0.6 is 0 Å². The minimum Gasteiger partial charge on any atom is -0.496 e. The van der Waals surface area contributed by atoms with E-state index in [2.05, 4.69) is 0 Å². The largest absolute Gasteiger partial charge is 0.496 e. The molecular weight excluding hydrogens is 360 g/mol. The van der Waals surface area contributed by atoms with Crippen LogP contribution < -0.4 is 9.64 Å². The van der Waals surface area contributed by atoms with Gasteiger partial charge >= 0.3 is 0 Å². The van der Waals surface area contributed by atoms with E-state index in [0.717, 1.165) is 27.9 Å². The number of hydrogen-bond acceptors (Lipinski definition) is 3. The first-order valence-corrected chi connectivity index (χ1v) is 9.48. The van der Waals surface area contributed by atoms with Crippen LogP contribution in [0.5, 0.6) is 5.75 Å². The Morgan fingerprint density at radius 3 is 2.38 bits per heavy atom. The van der Waals surface area contributed by atoms with Crippen LogP contribution in [-0.2, 0) is 4.79 Å². The fourth-order valence-electron chi connectivity index (χ4n) is 3.36. The van der Waals surface area contributed by atoms with Crippen LogP contribution in [-0.4, -0.2) is 18.9 Å². The van der Waals surface area contributed by atoms with E-state index in [1.54, 1.807) is 18.1 Å². The number of carbonyl (C=O) groups excluding carboxylic acids is 1. The van der Waals surface area contributed by atoms with Crippen LogP contribution in [0.2, 0.25) is 0 Å². The lowest BCUT2D eigenvalue weighted by atomic mass is 10.1. The summed E-state index contributed by atoms with van der Waals surface area (Å²) in [6.07, 6.45) is 1.78. The average molecular weight is 382 g/mol. The molecule has 1 aliphatic rings. The molecule has 0 spiro atoms. The van der Waals surface area contributed by atoms with Crippen molar-refractivity contribution < 1.29 is 9.53 Å². The lowest BCUT2D eigenvalue weighted by Gasteiger charge is -2.19. The van der Waals surface area contributed by atoms with E-state index < -0.39 is 0 Å². The molecule has 29 heavy (non-hydrogen) atoms. The van der Waals surface area contributed by atoms with Crippen molar-refractivity contribution in [3.05, 3.63) is 101 Å². The van der Waals surface area contributed by atoms with Gasteiger partial charge in [-0.3, -0.25) is 9.69 Å². The van der Waals surface area contributed by atoms with Gasteiger partial charge in [0.2, 0.25) is 0 Å². The predicted octanol–water partition coefficient (Wildman–Crippen LogP) is 5.15. The van der Waals surface area contributed by atoms with Gasteiger partial charge in [0, 0.05) is 11.1 Å². The van der Waals surface area contributed by atoms with E-state index in [9.17, 15) is 4.79 Å². The molecule has 1 amide bonds. The van der Waals surface area contributed by atoms with Gasteiger partial charge in [0.15, 0.2) is 0 Å². The summed E-state index contributed by atoms with van der Waals surface area (Å²) in [6.45, 7) is 4.06. The first kappa shape index (κ1) is 18.7. The molecule has 0 bridgehead atoms. The zero-order valence-corrected chi connectivity index (χ0v) is 16.7. The van der Waals surface area contributed by atoms with E-state index in [1.807, 2.05) is 86.6 Å². The third-order valence-corrected chi connectivity index (χ3v) is 4.86. The van der Waals surface area contributed by atoms with Crippen LogP contribution in [0.3, 0.4) is 0 Å². The van der Waals surface area contributed by atoms with E-state index in [4.69, 9.17) is 9.73 Å². The van der Waals surface area contributed by atoms with Crippen molar-refractivity contribution in [1.29, 1.82) is 0 Å². The molecule has 0 atom stereocenters. The number of carbonyl (C=O) groups is 1. The molecule has 4 heteroatoms. The molecule has 0 radical (unpaired) electrons. The van der Waals surface area contributed by atoms with E-state index in [-0.39, 0.29) is 5.91 Å². The summed E-state index contributed by atoms with van der Waals surface area (Å²) in [5.74, 6) is 1.17. The maximum absolute atomic E-state index is 13.4. The van der Waals surface area contributed by atoms with Crippen molar-refractivity contribution >= 4 is 23.5 Å². The van der Waals surface area contributed by atoms with Gasteiger partial charge in [0.25, 0.3) is 5.91 Å². The lowest BCUT2D eigenvalue weighted by Crippen LogP contribution is -2.32. The van der Waals surface area contributed by atoms with Crippen LogP contribution in [0.1, 0.15) is 22.3 Å². The number of benzene rings is 3. The van der Waals surface area contributed by atoms with Crippen molar-refractivity contribution in [3.63, 3.8) is 0 Å². The Balaban J connectivity index is 1.85. The zero-order valence-electron chi connectivity index (χ0n) is 16.7. The summed E-state index contributed by atoms with van der Waals surface area (Å²) in [4.78, 5) is 19.8. The first-order valence-electron chi connectivity index (χ1n) is 9.48. The van der Waals surface area contributed by atoms with E-state index >= 15 is 0 Å². The topological polar surface area (TPSA) is 41.9 Å². The number of aryl methyl sites for hydroxylation is 2. The molecule has 0 saturated carbocycles. The fraction of sp³-hybridized carbons (Fsp3) is 0.120. The Kier molecular flexibility index (Phi) is 5.00. The minimum atomic E-state index is -0.156. The number of amidine groups is 1. The molecule has 0 aromatic heterocycles. The summed E-state index contributed by atoms with van der Waals surface area (Å²) >= 11 is 0. The van der Waals surface area contributed by atoms with Crippen molar-refractivity contribution in [2.75, 3.05) is 12.0 Å². The molecule has 4 nitrogen and oxygen atoms in total. The number of ether oxygens (including phenoxy) is 1. The smallest absolute Gasteiger partial charge is 0.282 e. The number of para-hydroxylation sites is 1. The van der Waals surface area contributed by atoms with Crippen LogP contribution in [0.25, 0.3) is 6.08 Å². The maximum Gasteiger partial charge on any atom is 0.282 e. The molecule has 0 N–H and O–H groups in total. The molecule has 0 saturated heterocycles. The SMILES string of the molecule is COc1ccccc1/C=C1/N=C(c2cccc(C)c2)N(c2ccc(C)cc2)C1=O. The van der Waals surface area contributed by atoms with Gasteiger partial charge in [-0.25, -0.2) is 4.99 Å². The first-order chi connectivity index (χ1) is 14.1. The molecule has 144 valence electrons. The molecule has 4 rings (SSSR count). The summed E-state index contributed by atoms with van der Waals surface area (Å²) in [6, 6.07) is 23.5. The summed E-state index contributed by atoms with van der Waals surface area (Å²) < 4.78 is 5.42. The molecule has 1 aliphatic heterocycles. The van der Waals surface area contributed by atoms with Gasteiger partial charge in [-0.2, -0.15) is 0 Å². The third-order valence-electron chi connectivity index (χ3n) is 4.86. The Morgan fingerprint density at radius 2 is 1.66 bits per heavy atom. The zero-order chi connectivity index (χ0) is 20.4. The second-order valence-electron chi connectivity index (χ2n) is 7.05. The van der Waals surface area contributed by atoms with Crippen LogP contribution in [0, 0.1) is 13.8 Å². The van der Waals surface area contributed by atoms with Crippen molar-refractivity contribution in [1.82, 2.24) is 0 Å². The molecular formula is C25H22N2O2. The van der Waals surface area contributed by atoms with Crippen molar-refractivity contribution in [2.45, 2.75) is 13.8 Å². The molecule has 0 fully saturated rings. The number of amides is 1. The molecule has 1 heterocycles. The summed E-state index contributed by atoms with van der Waals surface area (Å²) in [7, 11) is 1.62. The molecule has 3 aromatic rings. The average Bonchev–Trinajstić information content (AvgIpc) is 3.05. The Morgan fingerprint density at radius 1 is 0.897 bits per heavy atom. The third kappa shape index (κ3) is 3.69. The Bertz CT molecular complexity index is 1130. The number of nitrogens with zero attached hydrogens (tertiary/aromatic N) is 2. The highest BCUT2D eigenvalue weighted by Crippen LogP contribution is 2.30. The van der Waals surface area contributed by atoms with Gasteiger partial charge in [-0.05, 0) is 44.2 Å². The molecule has 3 aromatic carbocycles. The predicted molar refractivity (Wildman–Crippen MR) is 117 cm³/mol. The standard InChI is InChI=1S/C25H22N2O2/c1-17-11-13-21(14-12-17)27-24(20-9-6-7-18(2)15-20)26-22(25(27)28)16-19-8-4-5-10-23(19)29-3/h4-16H,1-3H3/b22-16+. The number of aliphatic imine (C=N–C) groups is 1. The van der Waals surface area contributed by atoms with Gasteiger partial charge in [0.1, 0.15) is 17.3 Å². The lowest BCUT2D eigenvalue weighted by molar-refractivity contribution is -0.113. The highest BCUT2D eigenvalue weighted by Gasteiger charge is 2.32. The second kappa shape index (κ2) is 7.76. The minimum absolute atomic E-state index is 0.156. The van der Waals surface area contributed by atoms with Crippen LogP contribution in [0.4, 0.5) is 5.69 Å². The van der Waals surface area contributed by atoms with Gasteiger partial charge in [-0.1, -0.05) is 59.7 Å². The quantitative estimate of drug-likeness (QED) is 0.586. The molecule has 0 unspecified atom stereocenters. The second-order valence-corrected chi connectivity index (χ2v) is 7.05. The highest BCUT2D eigenvalue weighted by molar-refractivity contribution is 6.33. The Hall–Kier alpha value is -3.66. The summed E-state index contributed by atoms with van der Waals surface area (Å²) in [5.41, 5.74) is 5.15.